The summed E-state index contributed by atoms with van der Waals surface area (Å²) in [5.74, 6) is -1.29. The van der Waals surface area contributed by atoms with Crippen LogP contribution in [0.5, 0.6) is 0 Å². The van der Waals surface area contributed by atoms with Gasteiger partial charge in [0.1, 0.15) is 0 Å². The van der Waals surface area contributed by atoms with Crippen molar-refractivity contribution in [2.75, 3.05) is 13.2 Å². The fourth-order valence-corrected chi connectivity index (χ4v) is 6.74. The highest BCUT2D eigenvalue weighted by atomic mass is 32.2. The topological polar surface area (TPSA) is 52.6 Å². The predicted octanol–water partition coefficient (Wildman–Crippen LogP) is 4.82. The maximum absolute atomic E-state index is 15.0. The summed E-state index contributed by atoms with van der Waals surface area (Å²) in [6, 6.07) is 8.55. The van der Waals surface area contributed by atoms with Gasteiger partial charge in [0, 0.05) is 16.1 Å². The minimum Gasteiger partial charge on any atom is -0.305 e. The van der Waals surface area contributed by atoms with Gasteiger partial charge in [-0.1, -0.05) is 24.6 Å². The van der Waals surface area contributed by atoms with Crippen LogP contribution in [0.3, 0.4) is 0 Å². The Balaban J connectivity index is 2.31. The number of benzene rings is 1. The van der Waals surface area contributed by atoms with E-state index in [2.05, 4.69) is 0 Å². The Hall–Kier alpha value is -0.620. The van der Waals surface area contributed by atoms with Crippen molar-refractivity contribution < 1.29 is 26.6 Å². The van der Waals surface area contributed by atoms with Crippen molar-refractivity contribution in [3.8, 4) is 0 Å². The van der Waals surface area contributed by atoms with Crippen molar-refractivity contribution >= 4 is 18.4 Å². The first-order chi connectivity index (χ1) is 11.4. The van der Waals surface area contributed by atoms with Gasteiger partial charge in [0.05, 0.1) is 24.0 Å². The molecule has 24 heavy (non-hydrogen) atoms. The summed E-state index contributed by atoms with van der Waals surface area (Å²) in [7, 11) is -6.20. The highest BCUT2D eigenvalue weighted by Gasteiger charge is 2.62. The molecular weight excluding hydrogens is 357 g/mol. The Morgan fingerprint density at radius 3 is 2.29 bits per heavy atom. The molecule has 3 unspecified atom stereocenters. The summed E-state index contributed by atoms with van der Waals surface area (Å²) in [5, 5.41) is -0.767. The molecule has 1 fully saturated rings. The van der Waals surface area contributed by atoms with Gasteiger partial charge in [-0.25, -0.2) is 0 Å². The molecular formula is C16H23F2O4PS. The highest BCUT2D eigenvalue weighted by molar-refractivity contribution is 7.85. The van der Waals surface area contributed by atoms with Crippen LogP contribution in [0.15, 0.2) is 35.2 Å². The molecule has 0 N–H and O–H groups in total. The third-order valence-electron chi connectivity index (χ3n) is 4.11. The molecule has 0 bridgehead atoms. The number of halogens is 2. The third kappa shape index (κ3) is 3.79. The van der Waals surface area contributed by atoms with E-state index >= 15 is 8.78 Å². The second kappa shape index (κ2) is 8.17. The zero-order valence-electron chi connectivity index (χ0n) is 13.8. The molecule has 1 aromatic carbocycles. The van der Waals surface area contributed by atoms with Crippen molar-refractivity contribution in [2.45, 2.75) is 48.9 Å². The van der Waals surface area contributed by atoms with Crippen molar-refractivity contribution in [1.82, 2.24) is 0 Å². The molecule has 136 valence electrons. The van der Waals surface area contributed by atoms with Crippen LogP contribution >= 0.6 is 7.60 Å². The van der Waals surface area contributed by atoms with Crippen LogP contribution in [0, 0.1) is 5.92 Å². The van der Waals surface area contributed by atoms with Gasteiger partial charge in [-0.3, -0.25) is 8.77 Å². The monoisotopic (exact) mass is 380 g/mol. The molecule has 3 atom stereocenters. The van der Waals surface area contributed by atoms with Crippen LogP contribution in [-0.2, 0) is 24.4 Å². The molecule has 8 heteroatoms. The summed E-state index contributed by atoms with van der Waals surface area (Å²) < 4.78 is 65.2. The SMILES string of the molecule is CCOP(=O)(OCC)C(F)(F)C1CCCC1S(=O)c1ccccc1. The first-order valence-corrected chi connectivity index (χ1v) is 10.9. The van der Waals surface area contributed by atoms with Crippen LogP contribution < -0.4 is 0 Å². The van der Waals surface area contributed by atoms with Gasteiger partial charge in [0.25, 0.3) is 0 Å². The standard InChI is InChI=1S/C16H23F2O4PS/c1-3-21-23(19,22-4-2)16(17,18)14-11-8-12-15(14)24(20)13-9-6-5-7-10-13/h5-7,9-10,14-15H,3-4,8,11-12H2,1-2H3. The highest BCUT2D eigenvalue weighted by Crippen LogP contribution is 2.67. The Kier molecular flexibility index (Phi) is 6.71. The molecule has 4 nitrogen and oxygen atoms in total. The number of hydrogen-bond donors (Lipinski definition) is 0. The van der Waals surface area contributed by atoms with E-state index in [1.165, 1.54) is 13.8 Å². The molecule has 0 spiro atoms. The molecule has 1 aliphatic rings. The second-order valence-electron chi connectivity index (χ2n) is 5.61. The van der Waals surface area contributed by atoms with E-state index < -0.39 is 35.2 Å². The van der Waals surface area contributed by atoms with Crippen LogP contribution in [0.2, 0.25) is 0 Å². The lowest BCUT2D eigenvalue weighted by atomic mass is 10.1. The summed E-state index contributed by atoms with van der Waals surface area (Å²) in [6.07, 6.45) is 1.07. The predicted molar refractivity (Wildman–Crippen MR) is 89.8 cm³/mol. The van der Waals surface area contributed by atoms with Gasteiger partial charge in [0.2, 0.25) is 0 Å². The lowest BCUT2D eigenvalue weighted by molar-refractivity contribution is -0.00862. The molecule has 0 saturated heterocycles. The summed E-state index contributed by atoms with van der Waals surface area (Å²) in [4.78, 5) is 0.507. The molecule has 0 aliphatic heterocycles. The van der Waals surface area contributed by atoms with E-state index in [1.54, 1.807) is 30.3 Å². The smallest absolute Gasteiger partial charge is 0.305 e. The first-order valence-electron chi connectivity index (χ1n) is 8.10. The quantitative estimate of drug-likeness (QED) is 0.607. The van der Waals surface area contributed by atoms with E-state index in [4.69, 9.17) is 9.05 Å². The third-order valence-corrected chi connectivity index (χ3v) is 8.22. The van der Waals surface area contributed by atoms with Gasteiger partial charge < -0.3 is 9.05 Å². The molecule has 2 rings (SSSR count). The van der Waals surface area contributed by atoms with Crippen molar-refractivity contribution in [1.29, 1.82) is 0 Å². The zero-order chi connectivity index (χ0) is 17.8. The van der Waals surface area contributed by atoms with Gasteiger partial charge in [-0.15, -0.1) is 0 Å². The maximum atomic E-state index is 15.0. The van der Waals surface area contributed by atoms with Crippen molar-refractivity contribution in [2.24, 2.45) is 5.92 Å². The van der Waals surface area contributed by atoms with Crippen molar-refractivity contribution in [3.63, 3.8) is 0 Å². The number of rotatable bonds is 8. The molecule has 1 aliphatic carbocycles. The molecule has 0 aromatic heterocycles. The van der Waals surface area contributed by atoms with Gasteiger partial charge >= 0.3 is 13.3 Å². The second-order valence-corrected chi connectivity index (χ2v) is 9.39. The largest absolute Gasteiger partial charge is 0.399 e. The number of alkyl halides is 2. The molecule has 0 amide bonds. The van der Waals surface area contributed by atoms with Crippen LogP contribution in [0.1, 0.15) is 33.1 Å². The first kappa shape index (κ1) is 19.7. The Morgan fingerprint density at radius 1 is 1.17 bits per heavy atom. The van der Waals surface area contributed by atoms with E-state index in [-0.39, 0.29) is 19.6 Å². The fraction of sp³-hybridized carbons (Fsp3) is 0.625. The molecule has 1 saturated carbocycles. The van der Waals surface area contributed by atoms with Crippen LogP contribution in [0.4, 0.5) is 8.78 Å². The van der Waals surface area contributed by atoms with E-state index in [9.17, 15) is 8.77 Å². The lowest BCUT2D eigenvalue weighted by Gasteiger charge is -2.32. The minimum absolute atomic E-state index is 0.133. The average Bonchev–Trinajstić information content (AvgIpc) is 3.05. The van der Waals surface area contributed by atoms with E-state index in [1.807, 2.05) is 0 Å². The van der Waals surface area contributed by atoms with E-state index in [0.29, 0.717) is 17.7 Å². The minimum atomic E-state index is -4.61. The summed E-state index contributed by atoms with van der Waals surface area (Å²) in [6.45, 7) is 2.73. The molecule has 0 radical (unpaired) electrons. The van der Waals surface area contributed by atoms with Gasteiger partial charge in [-0.05, 0) is 38.8 Å². The fourth-order valence-electron chi connectivity index (χ4n) is 3.06. The van der Waals surface area contributed by atoms with Gasteiger partial charge in [-0.2, -0.15) is 8.78 Å². The van der Waals surface area contributed by atoms with Crippen LogP contribution in [0.25, 0.3) is 0 Å². The van der Waals surface area contributed by atoms with E-state index in [0.717, 1.165) is 0 Å². The lowest BCUT2D eigenvalue weighted by Crippen LogP contribution is -2.37. The summed E-state index contributed by atoms with van der Waals surface area (Å²) in [5.41, 5.74) is -3.66. The number of hydrogen-bond acceptors (Lipinski definition) is 4. The summed E-state index contributed by atoms with van der Waals surface area (Å²) >= 11 is 0. The molecule has 0 heterocycles. The molecule has 1 aromatic rings. The zero-order valence-corrected chi connectivity index (χ0v) is 15.5. The maximum Gasteiger partial charge on any atom is 0.399 e. The Bertz CT molecular complexity index is 601. The van der Waals surface area contributed by atoms with Crippen LogP contribution in [-0.4, -0.2) is 28.3 Å². The van der Waals surface area contributed by atoms with Crippen molar-refractivity contribution in [3.05, 3.63) is 30.3 Å². The van der Waals surface area contributed by atoms with Gasteiger partial charge in [0.15, 0.2) is 0 Å². The Labute approximate surface area is 143 Å². The average molecular weight is 380 g/mol. The Morgan fingerprint density at radius 2 is 1.75 bits per heavy atom. The normalized spacial score (nSPS) is 23.3.